The summed E-state index contributed by atoms with van der Waals surface area (Å²) in [6.07, 6.45) is 5.58. The highest BCUT2D eigenvalue weighted by Crippen LogP contribution is 2.24. The maximum absolute atomic E-state index is 4.00. The second-order valence-corrected chi connectivity index (χ2v) is 5.14. The van der Waals surface area contributed by atoms with Crippen LogP contribution in [-0.4, -0.2) is 18.0 Å². The van der Waals surface area contributed by atoms with Crippen molar-refractivity contribution in [1.82, 2.24) is 4.90 Å². The van der Waals surface area contributed by atoms with E-state index >= 15 is 0 Å². The van der Waals surface area contributed by atoms with Crippen LogP contribution in [0.5, 0.6) is 0 Å². The summed E-state index contributed by atoms with van der Waals surface area (Å²) in [4.78, 5) is 2.42. The molecule has 0 saturated carbocycles. The third kappa shape index (κ3) is 3.73. The number of hydrogen-bond acceptors (Lipinski definition) is 1. The quantitative estimate of drug-likeness (QED) is 0.661. The minimum absolute atomic E-state index is 0.870. The Balaban J connectivity index is 2.19. The third-order valence-corrected chi connectivity index (χ3v) is 3.31. The van der Waals surface area contributed by atoms with E-state index in [2.05, 4.69) is 32.3 Å². The van der Waals surface area contributed by atoms with Crippen molar-refractivity contribution in [3.8, 4) is 0 Å². The molecule has 0 radical (unpaired) electrons. The highest BCUT2D eigenvalue weighted by Gasteiger charge is 2.18. The average molecular weight is 195 g/mol. The monoisotopic (exact) mass is 195 g/mol. The molecule has 0 bridgehead atoms. The molecule has 1 heterocycles. The van der Waals surface area contributed by atoms with Crippen LogP contribution >= 0.6 is 0 Å². The van der Waals surface area contributed by atoms with Gasteiger partial charge in [-0.1, -0.05) is 33.3 Å². The summed E-state index contributed by atoms with van der Waals surface area (Å²) in [5.74, 6) is 1.85. The van der Waals surface area contributed by atoms with Crippen molar-refractivity contribution >= 4 is 0 Å². The van der Waals surface area contributed by atoms with E-state index in [0.717, 1.165) is 11.8 Å². The number of likely N-dealkylation sites (tertiary alicyclic amines) is 1. The summed E-state index contributed by atoms with van der Waals surface area (Å²) in [5.41, 5.74) is 1.24. The van der Waals surface area contributed by atoms with Gasteiger partial charge in [-0.05, 0) is 31.6 Å². The minimum atomic E-state index is 0.870. The minimum Gasteiger partial charge on any atom is -0.376 e. The van der Waals surface area contributed by atoms with E-state index in [1.165, 1.54) is 44.5 Å². The van der Waals surface area contributed by atoms with Gasteiger partial charge in [-0.3, -0.25) is 0 Å². The Morgan fingerprint density at radius 1 is 1.36 bits per heavy atom. The Morgan fingerprint density at radius 3 is 2.36 bits per heavy atom. The highest BCUT2D eigenvalue weighted by molar-refractivity contribution is 4.91. The topological polar surface area (TPSA) is 3.24 Å². The smallest absolute Gasteiger partial charge is 0.0177 e. The van der Waals surface area contributed by atoms with Crippen molar-refractivity contribution in [2.24, 2.45) is 11.8 Å². The predicted octanol–water partition coefficient (Wildman–Crippen LogP) is 3.67. The van der Waals surface area contributed by atoms with E-state index in [9.17, 15) is 0 Å². The maximum Gasteiger partial charge on any atom is 0.0177 e. The Morgan fingerprint density at radius 2 is 1.93 bits per heavy atom. The molecule has 82 valence electrons. The fourth-order valence-corrected chi connectivity index (χ4v) is 2.17. The van der Waals surface area contributed by atoms with Crippen LogP contribution in [0.2, 0.25) is 0 Å². The standard InChI is InChI=1S/C13H25N/c1-11(2)5-6-13-7-9-14(10-8-13)12(3)4/h11,13H,3,5-10H2,1-2,4H3. The average Bonchev–Trinajstić information content (AvgIpc) is 2.15. The summed E-state index contributed by atoms with van der Waals surface area (Å²) in [6.45, 7) is 13.2. The molecule has 14 heavy (non-hydrogen) atoms. The van der Waals surface area contributed by atoms with Crippen LogP contribution in [0, 0.1) is 11.8 Å². The summed E-state index contributed by atoms with van der Waals surface area (Å²) in [5, 5.41) is 0. The first-order valence-corrected chi connectivity index (χ1v) is 6.00. The third-order valence-electron chi connectivity index (χ3n) is 3.31. The van der Waals surface area contributed by atoms with E-state index in [1.807, 2.05) is 0 Å². The van der Waals surface area contributed by atoms with Gasteiger partial charge in [0.25, 0.3) is 0 Å². The van der Waals surface area contributed by atoms with Crippen LogP contribution in [0.3, 0.4) is 0 Å². The van der Waals surface area contributed by atoms with E-state index in [-0.39, 0.29) is 0 Å². The molecular formula is C13H25N. The summed E-state index contributed by atoms with van der Waals surface area (Å²) in [6, 6.07) is 0. The Labute approximate surface area is 89.2 Å². The van der Waals surface area contributed by atoms with E-state index in [1.54, 1.807) is 0 Å². The molecule has 1 saturated heterocycles. The Kier molecular flexibility index (Phi) is 4.50. The second kappa shape index (κ2) is 5.43. The van der Waals surface area contributed by atoms with Crippen molar-refractivity contribution in [3.63, 3.8) is 0 Å². The lowest BCUT2D eigenvalue weighted by Crippen LogP contribution is -2.32. The molecule has 0 aromatic rings. The largest absolute Gasteiger partial charge is 0.376 e. The van der Waals surface area contributed by atoms with Crippen LogP contribution in [0.15, 0.2) is 12.3 Å². The van der Waals surface area contributed by atoms with Gasteiger partial charge in [0.05, 0.1) is 0 Å². The lowest BCUT2D eigenvalue weighted by Gasteiger charge is -2.34. The predicted molar refractivity (Wildman–Crippen MR) is 63.2 cm³/mol. The molecule has 1 fully saturated rings. The van der Waals surface area contributed by atoms with Gasteiger partial charge in [-0.25, -0.2) is 0 Å². The van der Waals surface area contributed by atoms with Crippen molar-refractivity contribution in [2.45, 2.75) is 46.5 Å². The molecule has 0 unspecified atom stereocenters. The number of nitrogens with zero attached hydrogens (tertiary/aromatic N) is 1. The van der Waals surface area contributed by atoms with E-state index in [4.69, 9.17) is 0 Å². The molecule has 0 atom stereocenters. The van der Waals surface area contributed by atoms with Gasteiger partial charge in [0.1, 0.15) is 0 Å². The Hall–Kier alpha value is -0.460. The fourth-order valence-electron chi connectivity index (χ4n) is 2.17. The van der Waals surface area contributed by atoms with Crippen molar-refractivity contribution in [3.05, 3.63) is 12.3 Å². The Bertz CT molecular complexity index is 176. The van der Waals surface area contributed by atoms with Gasteiger partial charge in [0.15, 0.2) is 0 Å². The van der Waals surface area contributed by atoms with Crippen molar-refractivity contribution in [1.29, 1.82) is 0 Å². The molecule has 0 N–H and O–H groups in total. The van der Waals surface area contributed by atoms with E-state index in [0.29, 0.717) is 0 Å². The summed E-state index contributed by atoms with van der Waals surface area (Å²) in [7, 11) is 0. The number of piperidine rings is 1. The van der Waals surface area contributed by atoms with E-state index < -0.39 is 0 Å². The van der Waals surface area contributed by atoms with Crippen LogP contribution in [-0.2, 0) is 0 Å². The van der Waals surface area contributed by atoms with Crippen LogP contribution in [0.1, 0.15) is 46.5 Å². The van der Waals surface area contributed by atoms with Crippen LogP contribution < -0.4 is 0 Å². The van der Waals surface area contributed by atoms with Gasteiger partial charge in [0, 0.05) is 18.8 Å². The summed E-state index contributed by atoms with van der Waals surface area (Å²) >= 11 is 0. The lowest BCUT2D eigenvalue weighted by atomic mass is 9.89. The van der Waals surface area contributed by atoms with Crippen molar-refractivity contribution in [2.75, 3.05) is 13.1 Å². The molecule has 1 nitrogen and oxygen atoms in total. The number of allylic oxidation sites excluding steroid dienone is 1. The molecule has 0 aromatic heterocycles. The van der Waals surface area contributed by atoms with Gasteiger partial charge in [-0.2, -0.15) is 0 Å². The normalized spacial score (nSPS) is 19.0. The zero-order chi connectivity index (χ0) is 10.6. The second-order valence-electron chi connectivity index (χ2n) is 5.14. The first-order valence-electron chi connectivity index (χ1n) is 6.00. The van der Waals surface area contributed by atoms with Gasteiger partial charge in [0.2, 0.25) is 0 Å². The first-order chi connectivity index (χ1) is 6.59. The van der Waals surface area contributed by atoms with Crippen molar-refractivity contribution < 1.29 is 0 Å². The molecular weight excluding hydrogens is 170 g/mol. The van der Waals surface area contributed by atoms with Gasteiger partial charge < -0.3 is 4.90 Å². The molecule has 1 aliphatic heterocycles. The fraction of sp³-hybridized carbons (Fsp3) is 0.846. The summed E-state index contributed by atoms with van der Waals surface area (Å²) < 4.78 is 0. The van der Waals surface area contributed by atoms with Gasteiger partial charge in [-0.15, -0.1) is 0 Å². The zero-order valence-corrected chi connectivity index (χ0v) is 10.1. The zero-order valence-electron chi connectivity index (χ0n) is 10.1. The molecule has 1 heteroatoms. The van der Waals surface area contributed by atoms with Gasteiger partial charge >= 0.3 is 0 Å². The first kappa shape index (κ1) is 11.6. The van der Waals surface area contributed by atoms with Crippen LogP contribution in [0.25, 0.3) is 0 Å². The lowest BCUT2D eigenvalue weighted by molar-refractivity contribution is 0.213. The molecule has 1 aliphatic rings. The number of rotatable bonds is 4. The molecule has 0 aromatic carbocycles. The SMILES string of the molecule is C=C(C)N1CCC(CCC(C)C)CC1. The molecule has 0 aliphatic carbocycles. The molecule has 0 spiro atoms. The number of hydrogen-bond donors (Lipinski definition) is 0. The molecule has 1 rings (SSSR count). The highest BCUT2D eigenvalue weighted by atomic mass is 15.1. The maximum atomic E-state index is 4.00. The molecule has 0 amide bonds. The van der Waals surface area contributed by atoms with Crippen LogP contribution in [0.4, 0.5) is 0 Å².